The van der Waals surface area contributed by atoms with Crippen LogP contribution in [0.3, 0.4) is 0 Å². The summed E-state index contributed by atoms with van der Waals surface area (Å²) >= 11 is 0. The Morgan fingerprint density at radius 1 is 1.39 bits per heavy atom. The molecule has 0 aliphatic heterocycles. The first-order chi connectivity index (χ1) is 8.56. The van der Waals surface area contributed by atoms with Gasteiger partial charge in [-0.05, 0) is 31.0 Å². The van der Waals surface area contributed by atoms with Gasteiger partial charge in [0.05, 0.1) is 11.6 Å². The van der Waals surface area contributed by atoms with Crippen LogP contribution in [0.25, 0.3) is 5.69 Å². The Morgan fingerprint density at radius 2 is 2.06 bits per heavy atom. The predicted octanol–water partition coefficient (Wildman–Crippen LogP) is 1.84. The zero-order valence-corrected chi connectivity index (χ0v) is 10.4. The van der Waals surface area contributed by atoms with E-state index in [1.54, 1.807) is 17.9 Å². The third-order valence-electron chi connectivity index (χ3n) is 2.77. The van der Waals surface area contributed by atoms with Crippen LogP contribution >= 0.6 is 0 Å². The Labute approximate surface area is 105 Å². The van der Waals surface area contributed by atoms with Gasteiger partial charge in [0.2, 0.25) is 0 Å². The summed E-state index contributed by atoms with van der Waals surface area (Å²) in [5, 5.41) is 13.1. The summed E-state index contributed by atoms with van der Waals surface area (Å²) in [5.74, 6) is -0.422. The van der Waals surface area contributed by atoms with E-state index >= 15 is 0 Å². The molecule has 1 unspecified atom stereocenters. The maximum Gasteiger partial charge on any atom is 0.306 e. The molecule has 2 aromatic rings. The largest absolute Gasteiger partial charge is 0.481 e. The summed E-state index contributed by atoms with van der Waals surface area (Å²) in [6, 6.07) is 7.67. The molecule has 0 fully saturated rings. The third-order valence-corrected chi connectivity index (χ3v) is 2.77. The number of hydrogen-bond donors (Lipinski definition) is 1. The number of rotatable bonds is 4. The van der Waals surface area contributed by atoms with Gasteiger partial charge in [-0.15, -0.1) is 0 Å². The Kier molecular flexibility index (Phi) is 3.41. The lowest BCUT2D eigenvalue weighted by molar-refractivity contribution is -0.141. The fraction of sp³-hybridized carbons (Fsp3) is 0.308. The Bertz CT molecular complexity index is 546. The van der Waals surface area contributed by atoms with Gasteiger partial charge in [-0.2, -0.15) is 5.10 Å². The first-order valence-corrected chi connectivity index (χ1v) is 5.76. The second kappa shape index (κ2) is 5.00. The highest BCUT2D eigenvalue weighted by Crippen LogP contribution is 2.12. The molecule has 94 valence electrons. The van der Waals surface area contributed by atoms with E-state index in [0.29, 0.717) is 6.42 Å². The van der Waals surface area contributed by atoms with E-state index < -0.39 is 5.97 Å². The predicted molar refractivity (Wildman–Crippen MR) is 66.6 cm³/mol. The number of carboxylic acids is 1. The molecular weight excluding hydrogens is 230 g/mol. The van der Waals surface area contributed by atoms with E-state index in [4.69, 9.17) is 5.11 Å². The van der Waals surface area contributed by atoms with Crippen molar-refractivity contribution >= 4 is 5.97 Å². The number of aryl methyl sites for hydroxylation is 1. The fourth-order valence-electron chi connectivity index (χ4n) is 1.70. The van der Waals surface area contributed by atoms with Gasteiger partial charge in [-0.25, -0.2) is 9.67 Å². The van der Waals surface area contributed by atoms with E-state index in [1.165, 1.54) is 0 Å². The minimum atomic E-state index is -0.772. The average Bonchev–Trinajstić information content (AvgIpc) is 2.76. The van der Waals surface area contributed by atoms with Crippen molar-refractivity contribution in [3.63, 3.8) is 0 Å². The molecule has 0 aliphatic rings. The molecule has 0 radical (unpaired) electrons. The van der Waals surface area contributed by atoms with E-state index in [0.717, 1.165) is 17.1 Å². The van der Waals surface area contributed by atoms with Gasteiger partial charge >= 0.3 is 5.97 Å². The highest BCUT2D eigenvalue weighted by Gasteiger charge is 2.11. The summed E-state index contributed by atoms with van der Waals surface area (Å²) in [6.07, 6.45) is 2.19. The first kappa shape index (κ1) is 12.3. The van der Waals surface area contributed by atoms with Crippen molar-refractivity contribution in [1.29, 1.82) is 0 Å². The van der Waals surface area contributed by atoms with Crippen LogP contribution in [0.2, 0.25) is 0 Å². The minimum absolute atomic E-state index is 0.371. The van der Waals surface area contributed by atoms with Crippen molar-refractivity contribution in [3.05, 3.63) is 42.0 Å². The van der Waals surface area contributed by atoms with Crippen LogP contribution in [0, 0.1) is 12.8 Å². The molecule has 0 aliphatic carbocycles. The second-order valence-corrected chi connectivity index (χ2v) is 4.35. The molecule has 1 atom stereocenters. The maximum atomic E-state index is 10.8. The Hall–Kier alpha value is -2.17. The van der Waals surface area contributed by atoms with E-state index in [9.17, 15) is 4.79 Å². The second-order valence-electron chi connectivity index (χ2n) is 4.35. The zero-order chi connectivity index (χ0) is 13.1. The van der Waals surface area contributed by atoms with Crippen LogP contribution < -0.4 is 0 Å². The van der Waals surface area contributed by atoms with E-state index in [1.807, 2.05) is 31.2 Å². The van der Waals surface area contributed by atoms with Gasteiger partial charge in [-0.3, -0.25) is 4.79 Å². The monoisotopic (exact) mass is 245 g/mol. The fourth-order valence-corrected chi connectivity index (χ4v) is 1.70. The van der Waals surface area contributed by atoms with Crippen molar-refractivity contribution < 1.29 is 9.90 Å². The maximum absolute atomic E-state index is 10.8. The number of aromatic nitrogens is 3. The lowest BCUT2D eigenvalue weighted by atomic mass is 10.0. The molecule has 1 aromatic heterocycles. The highest BCUT2D eigenvalue weighted by atomic mass is 16.4. The molecule has 5 heteroatoms. The van der Waals surface area contributed by atoms with Crippen LogP contribution in [-0.4, -0.2) is 25.8 Å². The van der Waals surface area contributed by atoms with Gasteiger partial charge in [0.25, 0.3) is 0 Å². The van der Waals surface area contributed by atoms with Crippen LogP contribution in [0.5, 0.6) is 0 Å². The molecule has 1 heterocycles. The molecule has 18 heavy (non-hydrogen) atoms. The van der Waals surface area contributed by atoms with Crippen LogP contribution in [0.4, 0.5) is 0 Å². The Morgan fingerprint density at radius 3 is 2.56 bits per heavy atom. The number of aliphatic carboxylic acids is 1. The number of carbonyl (C=O) groups is 1. The first-order valence-electron chi connectivity index (χ1n) is 5.76. The van der Waals surface area contributed by atoms with E-state index in [-0.39, 0.29) is 5.92 Å². The molecule has 1 N–H and O–H groups in total. The van der Waals surface area contributed by atoms with Crippen molar-refractivity contribution in [1.82, 2.24) is 14.8 Å². The molecule has 2 rings (SSSR count). The summed E-state index contributed by atoms with van der Waals surface area (Å²) in [4.78, 5) is 14.8. The van der Waals surface area contributed by atoms with Gasteiger partial charge < -0.3 is 5.11 Å². The molecule has 0 bridgehead atoms. The van der Waals surface area contributed by atoms with E-state index in [2.05, 4.69) is 10.1 Å². The lowest BCUT2D eigenvalue weighted by Gasteiger charge is -2.07. The van der Waals surface area contributed by atoms with Crippen LogP contribution in [-0.2, 0) is 11.2 Å². The van der Waals surface area contributed by atoms with Crippen LogP contribution in [0.1, 0.15) is 18.3 Å². The molecule has 0 saturated carbocycles. The molecule has 0 saturated heterocycles. The number of hydrogen-bond acceptors (Lipinski definition) is 3. The molecular formula is C13H15N3O2. The molecule has 5 nitrogen and oxygen atoms in total. The Balaban J connectivity index is 2.13. The summed E-state index contributed by atoms with van der Waals surface area (Å²) in [6.45, 7) is 3.54. The van der Waals surface area contributed by atoms with Gasteiger partial charge in [0, 0.05) is 0 Å². The minimum Gasteiger partial charge on any atom is -0.481 e. The highest BCUT2D eigenvalue weighted by molar-refractivity contribution is 5.69. The normalized spacial score (nSPS) is 12.3. The number of nitrogens with zero attached hydrogens (tertiary/aromatic N) is 3. The molecule has 0 amide bonds. The zero-order valence-electron chi connectivity index (χ0n) is 10.4. The number of carboxylic acid groups (broad SMARTS) is 1. The van der Waals surface area contributed by atoms with Gasteiger partial charge in [-0.1, -0.05) is 19.1 Å². The van der Waals surface area contributed by atoms with Crippen molar-refractivity contribution in [2.45, 2.75) is 20.3 Å². The smallest absolute Gasteiger partial charge is 0.306 e. The van der Waals surface area contributed by atoms with Gasteiger partial charge in [0.1, 0.15) is 12.2 Å². The summed E-state index contributed by atoms with van der Waals surface area (Å²) < 4.78 is 1.69. The average molecular weight is 245 g/mol. The van der Waals surface area contributed by atoms with Crippen LogP contribution in [0.15, 0.2) is 30.6 Å². The lowest BCUT2D eigenvalue weighted by Crippen LogP contribution is -2.12. The SMILES string of the molecule is Cc1ncn(-c2ccc(CC(C)C(=O)O)cc2)n1. The summed E-state index contributed by atoms with van der Waals surface area (Å²) in [5.41, 5.74) is 1.92. The third kappa shape index (κ3) is 2.74. The molecule has 0 spiro atoms. The van der Waals surface area contributed by atoms with Crippen molar-refractivity contribution in [3.8, 4) is 5.69 Å². The molecule has 1 aromatic carbocycles. The van der Waals surface area contributed by atoms with Crippen molar-refractivity contribution in [2.24, 2.45) is 5.92 Å². The topological polar surface area (TPSA) is 68.0 Å². The van der Waals surface area contributed by atoms with Gasteiger partial charge in [0.15, 0.2) is 0 Å². The number of benzene rings is 1. The quantitative estimate of drug-likeness (QED) is 0.892. The summed E-state index contributed by atoms with van der Waals surface area (Å²) in [7, 11) is 0. The standard InChI is InChI=1S/C13H15N3O2/c1-9(13(17)18)7-11-3-5-12(6-4-11)16-8-14-10(2)15-16/h3-6,8-9H,7H2,1-2H3,(H,17,18). The van der Waals surface area contributed by atoms with Crippen molar-refractivity contribution in [2.75, 3.05) is 0 Å².